The molecule has 5 heteroatoms. The summed E-state index contributed by atoms with van der Waals surface area (Å²) in [5, 5.41) is 8.55. The van der Waals surface area contributed by atoms with Crippen LogP contribution in [-0.4, -0.2) is 46.3 Å². The molecule has 0 unspecified atom stereocenters. The van der Waals surface area contributed by atoms with Crippen LogP contribution in [0.5, 0.6) is 0 Å². The van der Waals surface area contributed by atoms with Crippen molar-refractivity contribution >= 4 is 5.97 Å². The van der Waals surface area contributed by atoms with E-state index in [9.17, 15) is 4.79 Å². The van der Waals surface area contributed by atoms with Crippen LogP contribution in [-0.2, 0) is 16.1 Å². The number of carboxylic acids is 1. The van der Waals surface area contributed by atoms with Gasteiger partial charge in [-0.25, -0.2) is 4.79 Å². The van der Waals surface area contributed by atoms with Gasteiger partial charge >= 0.3 is 5.97 Å². The molecule has 0 aromatic carbocycles. The first kappa shape index (κ1) is 12.0. The van der Waals surface area contributed by atoms with Crippen molar-refractivity contribution in [2.75, 3.05) is 19.7 Å². The highest BCUT2D eigenvalue weighted by atomic mass is 16.5. The molecule has 1 N–H and O–H groups in total. The molecule has 1 fully saturated rings. The Bertz CT molecular complexity index is 388. The smallest absolute Gasteiger partial charge is 0.329 e. The van der Waals surface area contributed by atoms with Gasteiger partial charge in [0.25, 0.3) is 0 Å². The Morgan fingerprint density at radius 1 is 1.59 bits per heavy atom. The van der Waals surface area contributed by atoms with Crippen molar-refractivity contribution in [3.8, 4) is 0 Å². The standard InChI is InChI=1S/C12H16N2O3/c1-12(17-7-11(15)16)8-14(9-12)6-10-4-2-3-5-13-10/h2-5H,6-9H2,1H3,(H,15,16). The van der Waals surface area contributed by atoms with Gasteiger partial charge in [-0.05, 0) is 19.1 Å². The van der Waals surface area contributed by atoms with E-state index in [-0.39, 0.29) is 12.2 Å². The van der Waals surface area contributed by atoms with Crippen LogP contribution in [0.2, 0.25) is 0 Å². The van der Waals surface area contributed by atoms with Gasteiger partial charge in [0.1, 0.15) is 6.61 Å². The molecule has 0 amide bonds. The molecule has 1 aliphatic rings. The normalized spacial score (nSPS) is 18.6. The van der Waals surface area contributed by atoms with Crippen LogP contribution in [0.25, 0.3) is 0 Å². The summed E-state index contributed by atoms with van der Waals surface area (Å²) in [4.78, 5) is 16.8. The summed E-state index contributed by atoms with van der Waals surface area (Å²) in [6.07, 6.45) is 1.77. The highest BCUT2D eigenvalue weighted by Crippen LogP contribution is 2.25. The molecule has 1 saturated heterocycles. The first-order chi connectivity index (χ1) is 8.07. The van der Waals surface area contributed by atoms with E-state index in [1.165, 1.54) is 0 Å². The lowest BCUT2D eigenvalue weighted by Crippen LogP contribution is -2.61. The van der Waals surface area contributed by atoms with E-state index in [1.807, 2.05) is 25.1 Å². The lowest BCUT2D eigenvalue weighted by molar-refractivity contribution is -0.165. The average Bonchev–Trinajstić information content (AvgIpc) is 2.26. The van der Waals surface area contributed by atoms with E-state index in [0.717, 1.165) is 25.3 Å². The van der Waals surface area contributed by atoms with Crippen LogP contribution in [0.15, 0.2) is 24.4 Å². The fraction of sp³-hybridized carbons (Fsp3) is 0.500. The van der Waals surface area contributed by atoms with Crippen LogP contribution < -0.4 is 0 Å². The van der Waals surface area contributed by atoms with Gasteiger partial charge in [0.2, 0.25) is 0 Å². The van der Waals surface area contributed by atoms with Gasteiger partial charge in [0, 0.05) is 25.8 Å². The number of nitrogens with zero attached hydrogens (tertiary/aromatic N) is 2. The monoisotopic (exact) mass is 236 g/mol. The summed E-state index contributed by atoms with van der Waals surface area (Å²) in [6.45, 7) is 3.99. The van der Waals surface area contributed by atoms with Crippen LogP contribution in [0.3, 0.4) is 0 Å². The highest BCUT2D eigenvalue weighted by Gasteiger charge is 2.40. The maximum atomic E-state index is 10.4. The van der Waals surface area contributed by atoms with Crippen molar-refractivity contribution in [1.82, 2.24) is 9.88 Å². The van der Waals surface area contributed by atoms with Crippen molar-refractivity contribution in [3.63, 3.8) is 0 Å². The topological polar surface area (TPSA) is 62.7 Å². The van der Waals surface area contributed by atoms with E-state index in [1.54, 1.807) is 6.20 Å². The van der Waals surface area contributed by atoms with Gasteiger partial charge in [0.05, 0.1) is 11.3 Å². The molecule has 0 saturated carbocycles. The number of pyridine rings is 1. The fourth-order valence-electron chi connectivity index (χ4n) is 2.06. The minimum atomic E-state index is -0.922. The van der Waals surface area contributed by atoms with E-state index in [4.69, 9.17) is 9.84 Å². The SMILES string of the molecule is CC1(OCC(=O)O)CN(Cc2ccccn2)C1. The number of carboxylic acid groups (broad SMARTS) is 1. The maximum Gasteiger partial charge on any atom is 0.329 e. The summed E-state index contributed by atoms with van der Waals surface area (Å²) >= 11 is 0. The van der Waals surface area contributed by atoms with Crippen molar-refractivity contribution in [2.24, 2.45) is 0 Å². The number of carbonyl (C=O) groups is 1. The first-order valence-corrected chi connectivity index (χ1v) is 5.55. The Morgan fingerprint density at radius 3 is 2.94 bits per heavy atom. The Hall–Kier alpha value is -1.46. The minimum Gasteiger partial charge on any atom is -0.480 e. The summed E-state index contributed by atoms with van der Waals surface area (Å²) in [7, 11) is 0. The minimum absolute atomic E-state index is 0.228. The number of aromatic nitrogens is 1. The molecule has 1 aromatic heterocycles. The zero-order valence-electron chi connectivity index (χ0n) is 9.80. The Morgan fingerprint density at radius 2 is 2.35 bits per heavy atom. The molecule has 0 radical (unpaired) electrons. The molecular weight excluding hydrogens is 220 g/mol. The average molecular weight is 236 g/mol. The molecule has 92 valence electrons. The first-order valence-electron chi connectivity index (χ1n) is 5.55. The third-order valence-corrected chi connectivity index (χ3v) is 2.77. The van der Waals surface area contributed by atoms with Gasteiger partial charge in [-0.3, -0.25) is 9.88 Å². The van der Waals surface area contributed by atoms with Crippen LogP contribution in [0.1, 0.15) is 12.6 Å². The predicted molar refractivity (Wildman–Crippen MR) is 61.5 cm³/mol. The number of rotatable bonds is 5. The third kappa shape index (κ3) is 3.25. The number of hydrogen-bond donors (Lipinski definition) is 1. The second-order valence-electron chi connectivity index (χ2n) is 4.60. The second kappa shape index (κ2) is 4.81. The van der Waals surface area contributed by atoms with Crippen molar-refractivity contribution < 1.29 is 14.6 Å². The number of aliphatic carboxylic acids is 1. The van der Waals surface area contributed by atoms with Gasteiger partial charge in [-0.1, -0.05) is 6.07 Å². The van der Waals surface area contributed by atoms with Crippen LogP contribution >= 0.6 is 0 Å². The van der Waals surface area contributed by atoms with E-state index >= 15 is 0 Å². The summed E-state index contributed by atoms with van der Waals surface area (Å²) in [5.74, 6) is -0.922. The van der Waals surface area contributed by atoms with Crippen molar-refractivity contribution in [3.05, 3.63) is 30.1 Å². The van der Waals surface area contributed by atoms with E-state index in [0.29, 0.717) is 0 Å². The molecule has 1 aliphatic heterocycles. The van der Waals surface area contributed by atoms with Gasteiger partial charge < -0.3 is 9.84 Å². The zero-order valence-corrected chi connectivity index (χ0v) is 9.80. The van der Waals surface area contributed by atoms with Crippen LogP contribution in [0.4, 0.5) is 0 Å². The van der Waals surface area contributed by atoms with Gasteiger partial charge in [-0.2, -0.15) is 0 Å². The molecule has 2 heterocycles. The number of likely N-dealkylation sites (tertiary alicyclic amines) is 1. The summed E-state index contributed by atoms with van der Waals surface area (Å²) in [6, 6.07) is 5.83. The fourth-order valence-corrected chi connectivity index (χ4v) is 2.06. The summed E-state index contributed by atoms with van der Waals surface area (Å²) < 4.78 is 5.33. The summed E-state index contributed by atoms with van der Waals surface area (Å²) in [5.41, 5.74) is 0.695. The molecule has 5 nitrogen and oxygen atoms in total. The molecule has 1 aromatic rings. The van der Waals surface area contributed by atoms with Gasteiger partial charge in [-0.15, -0.1) is 0 Å². The Labute approximate surface area is 100 Å². The van der Waals surface area contributed by atoms with E-state index < -0.39 is 5.97 Å². The second-order valence-corrected chi connectivity index (χ2v) is 4.60. The molecule has 0 spiro atoms. The third-order valence-electron chi connectivity index (χ3n) is 2.77. The van der Waals surface area contributed by atoms with E-state index in [2.05, 4.69) is 9.88 Å². The lowest BCUT2D eigenvalue weighted by atomic mass is 9.96. The molecule has 2 rings (SSSR count). The predicted octanol–water partition coefficient (Wildman–Crippen LogP) is 0.757. The number of ether oxygens (including phenoxy) is 1. The maximum absolute atomic E-state index is 10.4. The highest BCUT2D eigenvalue weighted by molar-refractivity contribution is 5.68. The molecular formula is C12H16N2O3. The number of hydrogen-bond acceptors (Lipinski definition) is 4. The van der Waals surface area contributed by atoms with Crippen molar-refractivity contribution in [1.29, 1.82) is 0 Å². The Kier molecular flexibility index (Phi) is 3.40. The molecule has 17 heavy (non-hydrogen) atoms. The Balaban J connectivity index is 1.77. The van der Waals surface area contributed by atoms with Crippen LogP contribution in [0, 0.1) is 0 Å². The lowest BCUT2D eigenvalue weighted by Gasteiger charge is -2.47. The van der Waals surface area contributed by atoms with Crippen molar-refractivity contribution in [2.45, 2.75) is 19.1 Å². The zero-order chi connectivity index (χ0) is 12.3. The molecule has 0 bridgehead atoms. The molecule has 0 aliphatic carbocycles. The molecule has 0 atom stereocenters. The van der Waals surface area contributed by atoms with Gasteiger partial charge in [0.15, 0.2) is 0 Å². The largest absolute Gasteiger partial charge is 0.480 e. The quantitative estimate of drug-likeness (QED) is 0.817.